The minimum atomic E-state index is -4.13. The van der Waals surface area contributed by atoms with Crippen molar-refractivity contribution in [2.24, 2.45) is 0 Å². The Morgan fingerprint density at radius 1 is 0.829 bits per heavy atom. The van der Waals surface area contributed by atoms with E-state index in [9.17, 15) is 18.0 Å². The van der Waals surface area contributed by atoms with Crippen LogP contribution in [0.1, 0.15) is 12.0 Å². The summed E-state index contributed by atoms with van der Waals surface area (Å²) in [5.74, 6) is -1.05. The zero-order chi connectivity index (χ0) is 24.6. The van der Waals surface area contributed by atoms with E-state index in [0.29, 0.717) is 16.3 Å². The van der Waals surface area contributed by atoms with Crippen molar-refractivity contribution in [1.82, 2.24) is 4.31 Å². The molecule has 176 valence electrons. The predicted octanol–water partition coefficient (Wildman–Crippen LogP) is 5.02. The summed E-state index contributed by atoms with van der Waals surface area (Å²) in [4.78, 5) is 27.5. The molecule has 1 atom stereocenters. The molecule has 1 heterocycles. The van der Waals surface area contributed by atoms with E-state index in [2.05, 4.69) is 0 Å². The van der Waals surface area contributed by atoms with E-state index in [1.807, 2.05) is 30.3 Å². The first-order chi connectivity index (χ1) is 16.8. The van der Waals surface area contributed by atoms with Gasteiger partial charge in [0.2, 0.25) is 15.9 Å². The first-order valence-electron chi connectivity index (χ1n) is 11.0. The van der Waals surface area contributed by atoms with Crippen molar-refractivity contribution in [3.63, 3.8) is 0 Å². The van der Waals surface area contributed by atoms with Gasteiger partial charge in [-0.3, -0.25) is 9.59 Å². The molecule has 2 amide bonds. The fourth-order valence-corrected chi connectivity index (χ4v) is 6.02. The Kier molecular flexibility index (Phi) is 6.15. The summed E-state index contributed by atoms with van der Waals surface area (Å²) >= 11 is 5.95. The van der Waals surface area contributed by atoms with Gasteiger partial charge in [0.05, 0.1) is 17.0 Å². The third-order valence-electron chi connectivity index (χ3n) is 6.06. The van der Waals surface area contributed by atoms with Crippen LogP contribution in [0.25, 0.3) is 10.8 Å². The van der Waals surface area contributed by atoms with Crippen LogP contribution in [0.3, 0.4) is 0 Å². The number of nitrogens with zero attached hydrogens (tertiary/aromatic N) is 2. The summed E-state index contributed by atoms with van der Waals surface area (Å²) in [6.07, 6.45) is -0.249. The number of anilines is 1. The summed E-state index contributed by atoms with van der Waals surface area (Å²) in [5, 5.41) is 2.14. The van der Waals surface area contributed by atoms with Gasteiger partial charge < -0.3 is 0 Å². The molecule has 1 fully saturated rings. The Balaban J connectivity index is 1.57. The lowest BCUT2D eigenvalue weighted by Gasteiger charge is -2.27. The SMILES string of the molecule is O=C1CC(N(Cc2ccccc2)S(=O)(=O)c2ccc3ccccc3c2)C(=O)N1c1ccc(Cl)cc1. The number of fused-ring (bicyclic) bond motifs is 1. The maximum absolute atomic E-state index is 13.9. The van der Waals surface area contributed by atoms with Gasteiger partial charge in [-0.2, -0.15) is 4.31 Å². The van der Waals surface area contributed by atoms with Gasteiger partial charge in [-0.05, 0) is 52.7 Å². The number of carbonyl (C=O) groups is 2. The highest BCUT2D eigenvalue weighted by Crippen LogP contribution is 2.32. The zero-order valence-electron chi connectivity index (χ0n) is 18.5. The molecular formula is C27H21ClN2O4S. The number of hydrogen-bond acceptors (Lipinski definition) is 4. The molecule has 0 N–H and O–H groups in total. The van der Waals surface area contributed by atoms with Gasteiger partial charge in [-0.25, -0.2) is 13.3 Å². The molecule has 0 radical (unpaired) electrons. The molecule has 4 aromatic carbocycles. The first kappa shape index (κ1) is 23.2. The van der Waals surface area contributed by atoms with Crippen LogP contribution in [0.2, 0.25) is 5.02 Å². The fraction of sp³-hybridized carbons (Fsp3) is 0.111. The van der Waals surface area contributed by atoms with Gasteiger partial charge >= 0.3 is 0 Å². The van der Waals surface area contributed by atoms with Gasteiger partial charge in [0.1, 0.15) is 6.04 Å². The number of rotatable bonds is 6. The Hall–Kier alpha value is -3.52. The second-order valence-electron chi connectivity index (χ2n) is 8.31. The van der Waals surface area contributed by atoms with Crippen molar-refractivity contribution in [2.75, 3.05) is 4.90 Å². The maximum Gasteiger partial charge on any atom is 0.252 e. The van der Waals surface area contributed by atoms with Crippen LogP contribution in [-0.2, 0) is 26.2 Å². The number of halogens is 1. The maximum atomic E-state index is 13.9. The monoisotopic (exact) mass is 504 g/mol. The summed E-state index contributed by atoms with van der Waals surface area (Å²) in [7, 11) is -4.13. The van der Waals surface area contributed by atoms with E-state index in [1.54, 1.807) is 60.7 Å². The molecule has 1 aliphatic rings. The molecule has 4 aromatic rings. The molecule has 0 aromatic heterocycles. The van der Waals surface area contributed by atoms with E-state index < -0.39 is 27.9 Å². The average molecular weight is 505 g/mol. The lowest BCUT2D eigenvalue weighted by atomic mass is 10.1. The molecule has 0 spiro atoms. The van der Waals surface area contributed by atoms with Gasteiger partial charge in [0.15, 0.2) is 0 Å². The quantitative estimate of drug-likeness (QED) is 0.346. The Bertz CT molecular complexity index is 1520. The second-order valence-corrected chi connectivity index (χ2v) is 10.6. The van der Waals surface area contributed by atoms with Crippen molar-refractivity contribution < 1.29 is 18.0 Å². The number of amides is 2. The lowest BCUT2D eigenvalue weighted by Crippen LogP contribution is -2.45. The van der Waals surface area contributed by atoms with E-state index >= 15 is 0 Å². The Morgan fingerprint density at radius 2 is 1.49 bits per heavy atom. The lowest BCUT2D eigenvalue weighted by molar-refractivity contribution is -0.122. The highest BCUT2D eigenvalue weighted by molar-refractivity contribution is 7.89. The van der Waals surface area contributed by atoms with Crippen molar-refractivity contribution in [3.8, 4) is 0 Å². The molecule has 1 aliphatic heterocycles. The van der Waals surface area contributed by atoms with Crippen molar-refractivity contribution in [2.45, 2.75) is 23.9 Å². The molecule has 5 rings (SSSR count). The van der Waals surface area contributed by atoms with E-state index in [4.69, 9.17) is 11.6 Å². The molecule has 1 unspecified atom stereocenters. The summed E-state index contributed by atoms with van der Waals surface area (Å²) < 4.78 is 29.0. The zero-order valence-corrected chi connectivity index (χ0v) is 20.1. The van der Waals surface area contributed by atoms with Gasteiger partial charge in [-0.15, -0.1) is 0 Å². The molecule has 6 nitrogen and oxygen atoms in total. The highest BCUT2D eigenvalue weighted by atomic mass is 35.5. The fourth-order valence-electron chi connectivity index (χ4n) is 4.29. The Morgan fingerprint density at radius 3 is 2.20 bits per heavy atom. The number of sulfonamides is 1. The predicted molar refractivity (Wildman–Crippen MR) is 135 cm³/mol. The van der Waals surface area contributed by atoms with Crippen LogP contribution in [-0.4, -0.2) is 30.6 Å². The standard InChI is InChI=1S/C27H21ClN2O4S/c28-22-11-13-23(14-12-22)30-26(31)17-25(27(30)32)29(18-19-6-2-1-3-7-19)35(33,34)24-15-10-20-8-4-5-9-21(20)16-24/h1-16,25H,17-18H2. The van der Waals surface area contributed by atoms with Crippen LogP contribution in [0.5, 0.6) is 0 Å². The molecule has 0 aliphatic carbocycles. The minimum Gasteiger partial charge on any atom is -0.274 e. The topological polar surface area (TPSA) is 74.8 Å². The van der Waals surface area contributed by atoms with Crippen molar-refractivity contribution in [3.05, 3.63) is 108 Å². The van der Waals surface area contributed by atoms with Crippen molar-refractivity contribution in [1.29, 1.82) is 0 Å². The molecule has 1 saturated heterocycles. The molecule has 8 heteroatoms. The molecule has 0 saturated carbocycles. The van der Waals surface area contributed by atoms with Crippen molar-refractivity contribution >= 4 is 49.9 Å². The highest BCUT2D eigenvalue weighted by Gasteiger charge is 2.47. The molecular weight excluding hydrogens is 484 g/mol. The summed E-state index contributed by atoms with van der Waals surface area (Å²) in [6.45, 7) is -0.0475. The number of carbonyl (C=O) groups excluding carboxylic acids is 2. The van der Waals surface area contributed by atoms with Crippen LogP contribution < -0.4 is 4.90 Å². The van der Waals surface area contributed by atoms with Crippen LogP contribution in [0, 0.1) is 0 Å². The Labute approximate surface area is 208 Å². The number of hydrogen-bond donors (Lipinski definition) is 0. The van der Waals surface area contributed by atoms with Gasteiger partial charge in [-0.1, -0.05) is 72.3 Å². The third-order valence-corrected chi connectivity index (χ3v) is 8.17. The summed E-state index contributed by atoms with van der Waals surface area (Å²) in [5.41, 5.74) is 1.07. The first-order valence-corrected chi connectivity index (χ1v) is 12.8. The van der Waals surface area contributed by atoms with Crippen LogP contribution in [0.15, 0.2) is 102 Å². The average Bonchev–Trinajstić information content (AvgIpc) is 3.16. The second kappa shape index (κ2) is 9.26. The smallest absolute Gasteiger partial charge is 0.252 e. The number of benzene rings is 4. The van der Waals surface area contributed by atoms with Crippen LogP contribution in [0.4, 0.5) is 5.69 Å². The van der Waals surface area contributed by atoms with Crippen LogP contribution >= 0.6 is 11.6 Å². The summed E-state index contributed by atoms with van der Waals surface area (Å²) in [6, 6.07) is 26.5. The van der Waals surface area contributed by atoms with E-state index in [0.717, 1.165) is 20.0 Å². The largest absolute Gasteiger partial charge is 0.274 e. The van der Waals surface area contributed by atoms with E-state index in [1.165, 1.54) is 6.07 Å². The normalized spacial score (nSPS) is 16.4. The number of imide groups is 1. The minimum absolute atomic E-state index is 0.0475. The van der Waals surface area contributed by atoms with E-state index in [-0.39, 0.29) is 17.9 Å². The molecule has 0 bridgehead atoms. The third kappa shape index (κ3) is 4.46. The van der Waals surface area contributed by atoms with Gasteiger partial charge in [0, 0.05) is 11.6 Å². The van der Waals surface area contributed by atoms with Gasteiger partial charge in [0.25, 0.3) is 5.91 Å². The molecule has 35 heavy (non-hydrogen) atoms.